The molecule has 3 fully saturated rings. The van der Waals surface area contributed by atoms with Gasteiger partial charge in [0.15, 0.2) is 0 Å². The van der Waals surface area contributed by atoms with E-state index in [2.05, 4.69) is 19.8 Å². The molecule has 3 aliphatic heterocycles. The van der Waals surface area contributed by atoms with Gasteiger partial charge in [0.1, 0.15) is 11.9 Å². The van der Waals surface area contributed by atoms with Crippen molar-refractivity contribution >= 4 is 0 Å². The van der Waals surface area contributed by atoms with E-state index in [4.69, 9.17) is 4.74 Å². The van der Waals surface area contributed by atoms with E-state index in [0.717, 1.165) is 12.1 Å². The maximum Gasteiger partial charge on any atom is 0.387 e. The Balaban J connectivity index is 1.41. The predicted molar refractivity (Wildman–Crippen MR) is 87.7 cm³/mol. The van der Waals surface area contributed by atoms with Crippen LogP contribution in [-0.4, -0.2) is 47.4 Å². The first-order valence-electron chi connectivity index (χ1n) is 8.45. The normalized spacial score (nSPS) is 25.2. The summed E-state index contributed by atoms with van der Waals surface area (Å²) in [6.45, 7) is 0.467. The zero-order valence-electron chi connectivity index (χ0n) is 13.6. The first kappa shape index (κ1) is 16.2. The van der Waals surface area contributed by atoms with Crippen molar-refractivity contribution in [1.29, 1.82) is 0 Å². The van der Waals surface area contributed by atoms with E-state index in [9.17, 15) is 8.78 Å². The second-order valence-electron chi connectivity index (χ2n) is 6.45. The molecule has 0 N–H and O–H groups in total. The van der Waals surface area contributed by atoms with E-state index in [1.165, 1.54) is 38.1 Å². The lowest BCUT2D eigenvalue weighted by atomic mass is 9.86. The van der Waals surface area contributed by atoms with Crippen LogP contribution in [-0.2, 0) is 0 Å². The van der Waals surface area contributed by atoms with Crippen molar-refractivity contribution in [3.05, 3.63) is 36.4 Å². The minimum Gasteiger partial charge on any atom is -0.472 e. The third-order valence-corrected chi connectivity index (χ3v) is 4.88. The van der Waals surface area contributed by atoms with Gasteiger partial charge in [-0.25, -0.2) is 0 Å². The van der Waals surface area contributed by atoms with E-state index in [0.29, 0.717) is 17.5 Å². The highest BCUT2D eigenvalue weighted by Gasteiger charge is 2.35. The number of nitrogens with zero attached hydrogens (tertiary/aromatic N) is 3. The Hall–Kier alpha value is -2.28. The summed E-state index contributed by atoms with van der Waals surface area (Å²) in [6.07, 6.45) is 2.56. The highest BCUT2D eigenvalue weighted by atomic mass is 19.3. The second-order valence-corrected chi connectivity index (χ2v) is 6.45. The second kappa shape index (κ2) is 6.92. The third kappa shape index (κ3) is 3.71. The molecule has 4 heterocycles. The van der Waals surface area contributed by atoms with Crippen molar-refractivity contribution in [3.8, 4) is 22.9 Å². The topological polar surface area (TPSA) is 47.5 Å². The van der Waals surface area contributed by atoms with E-state index in [1.54, 1.807) is 12.1 Å². The molecule has 0 aliphatic carbocycles. The van der Waals surface area contributed by atoms with Crippen molar-refractivity contribution in [2.24, 2.45) is 5.92 Å². The molecule has 1 aromatic carbocycles. The highest BCUT2D eigenvalue weighted by Crippen LogP contribution is 2.30. The molecule has 2 aromatic rings. The van der Waals surface area contributed by atoms with Crippen molar-refractivity contribution < 1.29 is 18.3 Å². The standard InChI is InChI=1S/C18H19F2N3O2/c19-18(20)24-14-3-1-12(2-4-14)15-5-6-17(22-21-15)25-16-11-23-9-7-13(16)8-10-23/h1-6,13,16,18H,7-11H2/t16-/m0/s1. The van der Waals surface area contributed by atoms with Crippen LogP contribution >= 0.6 is 0 Å². The van der Waals surface area contributed by atoms with Crippen LogP contribution in [0.3, 0.4) is 0 Å². The fraction of sp³-hybridized carbons (Fsp3) is 0.444. The summed E-state index contributed by atoms with van der Waals surface area (Å²) in [5.74, 6) is 1.25. The maximum absolute atomic E-state index is 12.2. The summed E-state index contributed by atoms with van der Waals surface area (Å²) < 4.78 is 34.7. The zero-order valence-corrected chi connectivity index (χ0v) is 13.6. The van der Waals surface area contributed by atoms with Gasteiger partial charge in [0, 0.05) is 18.2 Å². The van der Waals surface area contributed by atoms with E-state index in [1.807, 2.05) is 12.1 Å². The molecule has 5 nitrogen and oxygen atoms in total. The van der Waals surface area contributed by atoms with Crippen molar-refractivity contribution in [3.63, 3.8) is 0 Å². The van der Waals surface area contributed by atoms with Crippen LogP contribution in [0.2, 0.25) is 0 Å². The monoisotopic (exact) mass is 347 g/mol. The number of benzene rings is 1. The Bertz CT molecular complexity index is 701. The number of halogens is 2. The van der Waals surface area contributed by atoms with Crippen LogP contribution in [0, 0.1) is 5.92 Å². The molecule has 3 aliphatic rings. The van der Waals surface area contributed by atoms with Crippen molar-refractivity contribution in [1.82, 2.24) is 15.1 Å². The number of hydrogen-bond donors (Lipinski definition) is 0. The van der Waals surface area contributed by atoms with Gasteiger partial charge in [0.2, 0.25) is 5.88 Å². The molecular weight excluding hydrogens is 328 g/mol. The number of ether oxygens (including phenoxy) is 2. The van der Waals surface area contributed by atoms with Crippen LogP contribution in [0.5, 0.6) is 11.6 Å². The van der Waals surface area contributed by atoms with Crippen LogP contribution in [0.1, 0.15) is 12.8 Å². The van der Waals surface area contributed by atoms with Gasteiger partial charge in [-0.2, -0.15) is 8.78 Å². The van der Waals surface area contributed by atoms with Crippen LogP contribution in [0.4, 0.5) is 8.78 Å². The summed E-state index contributed by atoms with van der Waals surface area (Å²) in [7, 11) is 0. The van der Waals surface area contributed by atoms with Gasteiger partial charge in [-0.15, -0.1) is 10.2 Å². The predicted octanol–water partition coefficient (Wildman–Crippen LogP) is 3.22. The fourth-order valence-electron chi connectivity index (χ4n) is 3.54. The quantitative estimate of drug-likeness (QED) is 0.831. The number of piperidine rings is 3. The minimum atomic E-state index is -2.83. The number of alkyl halides is 2. The lowest BCUT2D eigenvalue weighted by Crippen LogP contribution is -2.52. The average Bonchev–Trinajstić information content (AvgIpc) is 2.64. The molecule has 7 heteroatoms. The number of hydrogen-bond acceptors (Lipinski definition) is 5. The van der Waals surface area contributed by atoms with E-state index >= 15 is 0 Å². The molecular formula is C18H19F2N3O2. The summed E-state index contributed by atoms with van der Waals surface area (Å²) in [6, 6.07) is 9.96. The minimum absolute atomic E-state index is 0.119. The van der Waals surface area contributed by atoms with Crippen molar-refractivity contribution in [2.45, 2.75) is 25.6 Å². The molecule has 1 atom stereocenters. The molecule has 0 radical (unpaired) electrons. The molecule has 0 amide bonds. The van der Waals surface area contributed by atoms with E-state index < -0.39 is 6.61 Å². The number of rotatable bonds is 5. The maximum atomic E-state index is 12.2. The van der Waals surface area contributed by atoms with Gasteiger partial charge in [-0.05, 0) is 62.2 Å². The zero-order chi connectivity index (χ0) is 17.2. The molecule has 2 bridgehead atoms. The van der Waals surface area contributed by atoms with Crippen molar-refractivity contribution in [2.75, 3.05) is 19.6 Å². The Labute approximate surface area is 144 Å². The average molecular weight is 347 g/mol. The Morgan fingerprint density at radius 2 is 1.76 bits per heavy atom. The van der Waals surface area contributed by atoms with Crippen LogP contribution < -0.4 is 9.47 Å². The Morgan fingerprint density at radius 3 is 2.32 bits per heavy atom. The highest BCUT2D eigenvalue weighted by molar-refractivity contribution is 5.59. The van der Waals surface area contributed by atoms with Gasteiger partial charge in [-0.1, -0.05) is 0 Å². The number of fused-ring (bicyclic) bond motifs is 3. The summed E-state index contributed by atoms with van der Waals surface area (Å²) in [5.41, 5.74) is 1.44. The van der Waals surface area contributed by atoms with Gasteiger partial charge in [0.25, 0.3) is 0 Å². The van der Waals surface area contributed by atoms with E-state index in [-0.39, 0.29) is 11.9 Å². The molecule has 5 rings (SSSR count). The third-order valence-electron chi connectivity index (χ3n) is 4.88. The summed E-state index contributed by atoms with van der Waals surface area (Å²) >= 11 is 0. The lowest BCUT2D eigenvalue weighted by Gasteiger charge is -2.44. The molecule has 0 unspecified atom stereocenters. The first-order chi connectivity index (χ1) is 12.2. The van der Waals surface area contributed by atoms with Gasteiger partial charge in [-0.3, -0.25) is 4.90 Å². The van der Waals surface area contributed by atoms with Gasteiger partial charge >= 0.3 is 6.61 Å². The fourth-order valence-corrected chi connectivity index (χ4v) is 3.54. The lowest BCUT2D eigenvalue weighted by molar-refractivity contribution is -0.0498. The van der Waals surface area contributed by atoms with Crippen LogP contribution in [0.15, 0.2) is 36.4 Å². The van der Waals surface area contributed by atoms with Crippen LogP contribution in [0.25, 0.3) is 11.3 Å². The molecule has 0 spiro atoms. The summed E-state index contributed by atoms with van der Waals surface area (Å²) in [4.78, 5) is 2.43. The number of aromatic nitrogens is 2. The Morgan fingerprint density at radius 1 is 1.00 bits per heavy atom. The molecule has 1 aromatic heterocycles. The summed E-state index contributed by atoms with van der Waals surface area (Å²) in [5, 5.41) is 8.35. The molecule has 0 saturated carbocycles. The molecule has 25 heavy (non-hydrogen) atoms. The Kier molecular flexibility index (Phi) is 4.48. The molecule has 3 saturated heterocycles. The first-order valence-corrected chi connectivity index (χ1v) is 8.45. The smallest absolute Gasteiger partial charge is 0.387 e. The van der Waals surface area contributed by atoms with Gasteiger partial charge < -0.3 is 9.47 Å². The molecule has 132 valence electrons. The van der Waals surface area contributed by atoms with Gasteiger partial charge in [0.05, 0.1) is 5.69 Å². The largest absolute Gasteiger partial charge is 0.472 e. The SMILES string of the molecule is FC(F)Oc1ccc(-c2ccc(O[C@H]3CN4CCC3CC4)nn2)cc1.